The van der Waals surface area contributed by atoms with Gasteiger partial charge in [0.05, 0.1) is 6.54 Å². The maximum atomic E-state index is 13.7. The summed E-state index contributed by atoms with van der Waals surface area (Å²) >= 11 is 1.71. The van der Waals surface area contributed by atoms with Crippen LogP contribution in [0, 0.1) is 6.92 Å². The van der Waals surface area contributed by atoms with E-state index in [4.69, 9.17) is 0 Å². The molecule has 34 heavy (non-hydrogen) atoms. The monoisotopic (exact) mass is 468 g/mol. The van der Waals surface area contributed by atoms with Gasteiger partial charge in [0.1, 0.15) is 6.54 Å². The Balaban J connectivity index is 1.40. The van der Waals surface area contributed by atoms with Crippen molar-refractivity contribution in [1.29, 1.82) is 0 Å². The molecule has 5 rings (SSSR count). The Morgan fingerprint density at radius 2 is 1.59 bits per heavy atom. The molecule has 0 N–H and O–H groups in total. The van der Waals surface area contributed by atoms with Crippen molar-refractivity contribution in [2.45, 2.75) is 38.9 Å². The van der Waals surface area contributed by atoms with E-state index in [1.807, 2.05) is 77.7 Å². The van der Waals surface area contributed by atoms with E-state index in [1.165, 1.54) is 4.88 Å². The lowest BCUT2D eigenvalue weighted by molar-refractivity contribution is -0.133. The summed E-state index contributed by atoms with van der Waals surface area (Å²) in [6, 6.07) is 28.1. The quantitative estimate of drug-likeness (QED) is 0.316. The number of fused-ring (bicyclic) bond motifs is 1. The molecule has 1 fully saturated rings. The van der Waals surface area contributed by atoms with Crippen LogP contribution in [0.4, 0.5) is 0 Å². The Hall–Kier alpha value is -3.44. The van der Waals surface area contributed by atoms with Crippen LogP contribution < -0.4 is 0 Å². The van der Waals surface area contributed by atoms with Crippen molar-refractivity contribution in [2.75, 3.05) is 6.54 Å². The third kappa shape index (κ3) is 5.05. The number of benzene rings is 3. The SMILES string of the molecule is Cc1ccc(CN(Cc2ccccc2)C(=O)CN(C(=O)c2cccc3ccccc23)C2CC2)s1. The summed E-state index contributed by atoms with van der Waals surface area (Å²) in [6.07, 6.45) is 1.90. The lowest BCUT2D eigenvalue weighted by atomic mass is 10.0. The Morgan fingerprint density at radius 1 is 0.853 bits per heavy atom. The van der Waals surface area contributed by atoms with Crippen LogP contribution in [0.25, 0.3) is 10.8 Å². The van der Waals surface area contributed by atoms with E-state index < -0.39 is 0 Å². The van der Waals surface area contributed by atoms with E-state index in [1.54, 1.807) is 16.2 Å². The van der Waals surface area contributed by atoms with Gasteiger partial charge in [0.25, 0.3) is 5.91 Å². The molecule has 5 heteroatoms. The molecular formula is C29H28N2O2S. The summed E-state index contributed by atoms with van der Waals surface area (Å²) in [4.78, 5) is 33.4. The van der Waals surface area contributed by atoms with Crippen molar-refractivity contribution in [3.05, 3.63) is 106 Å². The topological polar surface area (TPSA) is 40.6 Å². The van der Waals surface area contributed by atoms with Crippen molar-refractivity contribution in [3.63, 3.8) is 0 Å². The second-order valence-electron chi connectivity index (χ2n) is 8.94. The normalized spacial score (nSPS) is 13.1. The number of carbonyl (C=O) groups is 2. The fourth-order valence-corrected chi connectivity index (χ4v) is 5.27. The molecule has 1 aliphatic rings. The highest BCUT2D eigenvalue weighted by molar-refractivity contribution is 7.11. The molecule has 4 aromatic rings. The van der Waals surface area contributed by atoms with Gasteiger partial charge in [0.2, 0.25) is 5.91 Å². The van der Waals surface area contributed by atoms with Gasteiger partial charge in [-0.25, -0.2) is 0 Å². The van der Waals surface area contributed by atoms with Crippen molar-refractivity contribution in [1.82, 2.24) is 9.80 Å². The number of thiophene rings is 1. The average Bonchev–Trinajstić information content (AvgIpc) is 3.62. The van der Waals surface area contributed by atoms with Gasteiger partial charge in [-0.1, -0.05) is 66.7 Å². The first-order valence-electron chi connectivity index (χ1n) is 11.7. The molecule has 0 saturated heterocycles. The number of carbonyl (C=O) groups excluding carboxylic acids is 2. The minimum Gasteiger partial charge on any atom is -0.332 e. The molecule has 1 saturated carbocycles. The Morgan fingerprint density at radius 3 is 2.32 bits per heavy atom. The van der Waals surface area contributed by atoms with Gasteiger partial charge in [-0.05, 0) is 54.3 Å². The summed E-state index contributed by atoms with van der Waals surface area (Å²) in [5.74, 6) is -0.0744. The van der Waals surface area contributed by atoms with Crippen LogP contribution >= 0.6 is 11.3 Å². The van der Waals surface area contributed by atoms with Gasteiger partial charge < -0.3 is 9.80 Å². The predicted octanol–water partition coefficient (Wildman–Crippen LogP) is 6.04. The lowest BCUT2D eigenvalue weighted by Gasteiger charge is -2.28. The number of amides is 2. The number of hydrogen-bond acceptors (Lipinski definition) is 3. The van der Waals surface area contributed by atoms with Gasteiger partial charge in [0, 0.05) is 27.9 Å². The summed E-state index contributed by atoms with van der Waals surface area (Å²) in [6.45, 7) is 3.25. The number of rotatable bonds is 8. The zero-order valence-electron chi connectivity index (χ0n) is 19.3. The maximum Gasteiger partial charge on any atom is 0.255 e. The van der Waals surface area contributed by atoms with Gasteiger partial charge >= 0.3 is 0 Å². The minimum absolute atomic E-state index is 0.0182. The summed E-state index contributed by atoms with van der Waals surface area (Å²) in [5.41, 5.74) is 1.75. The zero-order valence-corrected chi connectivity index (χ0v) is 20.1. The fraction of sp³-hybridized carbons (Fsp3) is 0.241. The van der Waals surface area contributed by atoms with Crippen molar-refractivity contribution >= 4 is 33.9 Å². The second kappa shape index (κ2) is 9.82. The molecule has 2 amide bonds. The third-order valence-corrected chi connectivity index (χ3v) is 7.27. The van der Waals surface area contributed by atoms with Crippen LogP contribution in [0.2, 0.25) is 0 Å². The molecular weight excluding hydrogens is 440 g/mol. The van der Waals surface area contributed by atoms with Crippen molar-refractivity contribution < 1.29 is 9.59 Å². The van der Waals surface area contributed by atoms with Crippen LogP contribution in [0.5, 0.6) is 0 Å². The van der Waals surface area contributed by atoms with Crippen LogP contribution in [0.3, 0.4) is 0 Å². The van der Waals surface area contributed by atoms with E-state index in [9.17, 15) is 9.59 Å². The first-order valence-corrected chi connectivity index (χ1v) is 12.6. The van der Waals surface area contributed by atoms with Crippen molar-refractivity contribution in [3.8, 4) is 0 Å². The molecule has 0 aliphatic heterocycles. The smallest absolute Gasteiger partial charge is 0.255 e. The Labute approximate surface area is 204 Å². The molecule has 1 aromatic heterocycles. The maximum absolute atomic E-state index is 13.7. The highest BCUT2D eigenvalue weighted by Crippen LogP contribution is 2.30. The van der Waals surface area contributed by atoms with Crippen LogP contribution in [-0.4, -0.2) is 34.2 Å². The number of aryl methyl sites for hydroxylation is 1. The summed E-state index contributed by atoms with van der Waals surface area (Å²) in [7, 11) is 0. The van der Waals surface area contributed by atoms with Crippen LogP contribution in [0.15, 0.2) is 84.9 Å². The molecule has 1 heterocycles. The standard InChI is InChI=1S/C29H28N2O2S/c1-21-14-17-25(34-21)19-30(18-22-8-3-2-4-9-22)28(32)20-31(24-15-16-24)29(33)27-13-7-11-23-10-5-6-12-26(23)27/h2-14,17,24H,15-16,18-20H2,1H3. The molecule has 0 radical (unpaired) electrons. The van der Waals surface area contributed by atoms with Crippen LogP contribution in [-0.2, 0) is 17.9 Å². The fourth-order valence-electron chi connectivity index (χ4n) is 4.36. The van der Waals surface area contributed by atoms with E-state index in [-0.39, 0.29) is 24.4 Å². The van der Waals surface area contributed by atoms with E-state index in [0.717, 1.165) is 34.1 Å². The molecule has 172 valence electrons. The molecule has 1 aliphatic carbocycles. The largest absolute Gasteiger partial charge is 0.332 e. The average molecular weight is 469 g/mol. The molecule has 0 unspecified atom stereocenters. The zero-order chi connectivity index (χ0) is 23.5. The molecule has 3 aromatic carbocycles. The predicted molar refractivity (Wildman–Crippen MR) is 138 cm³/mol. The Kier molecular flexibility index (Phi) is 6.45. The minimum atomic E-state index is -0.0562. The molecule has 0 bridgehead atoms. The van der Waals surface area contributed by atoms with Gasteiger partial charge in [-0.2, -0.15) is 0 Å². The number of nitrogens with zero attached hydrogens (tertiary/aromatic N) is 2. The van der Waals surface area contributed by atoms with Crippen LogP contribution in [0.1, 0.15) is 38.5 Å². The molecule has 0 spiro atoms. The summed E-state index contributed by atoms with van der Waals surface area (Å²) < 4.78 is 0. The highest BCUT2D eigenvalue weighted by Gasteiger charge is 2.35. The van der Waals surface area contributed by atoms with Crippen molar-refractivity contribution in [2.24, 2.45) is 0 Å². The number of hydrogen-bond donors (Lipinski definition) is 0. The van der Waals surface area contributed by atoms with Gasteiger partial charge in [-0.15, -0.1) is 11.3 Å². The molecule has 0 atom stereocenters. The first-order chi connectivity index (χ1) is 16.6. The highest BCUT2D eigenvalue weighted by atomic mass is 32.1. The second-order valence-corrected chi connectivity index (χ2v) is 10.3. The van der Waals surface area contributed by atoms with E-state index >= 15 is 0 Å². The third-order valence-electron chi connectivity index (χ3n) is 6.29. The summed E-state index contributed by atoms with van der Waals surface area (Å²) in [5, 5.41) is 1.97. The lowest BCUT2D eigenvalue weighted by Crippen LogP contribution is -2.43. The Bertz CT molecular complexity index is 1300. The van der Waals surface area contributed by atoms with E-state index in [0.29, 0.717) is 18.7 Å². The van der Waals surface area contributed by atoms with Gasteiger partial charge in [0.15, 0.2) is 0 Å². The first kappa shape index (κ1) is 22.4. The van der Waals surface area contributed by atoms with E-state index in [2.05, 4.69) is 19.1 Å². The molecule has 4 nitrogen and oxygen atoms in total. The van der Waals surface area contributed by atoms with Gasteiger partial charge in [-0.3, -0.25) is 9.59 Å².